The highest BCUT2D eigenvalue weighted by atomic mass is 16.5. The number of aromatic hydroxyl groups is 1. The van der Waals surface area contributed by atoms with Crippen LogP contribution in [-0.2, 0) is 24.6 Å². The zero-order valence-corrected chi connectivity index (χ0v) is 23.3. The minimum Gasteiger partial charge on any atom is -0.504 e. The van der Waals surface area contributed by atoms with Crippen molar-refractivity contribution >= 4 is 29.0 Å². The number of ketones is 2. The van der Waals surface area contributed by atoms with Crippen molar-refractivity contribution in [3.63, 3.8) is 0 Å². The maximum atomic E-state index is 14.8. The molecule has 216 valence electrons. The van der Waals surface area contributed by atoms with Crippen molar-refractivity contribution in [3.8, 4) is 11.5 Å². The quantitative estimate of drug-likeness (QED) is 0.265. The second-order valence-corrected chi connectivity index (χ2v) is 11.7. The van der Waals surface area contributed by atoms with Gasteiger partial charge in [-0.1, -0.05) is 78.4 Å². The maximum absolute atomic E-state index is 14.8. The van der Waals surface area contributed by atoms with Gasteiger partial charge in [0.05, 0.1) is 24.4 Å². The van der Waals surface area contributed by atoms with E-state index in [1.807, 2.05) is 54.6 Å². The number of imide groups is 1. The van der Waals surface area contributed by atoms with Crippen molar-refractivity contribution in [1.82, 2.24) is 5.06 Å². The first kappa shape index (κ1) is 27.0. The molecule has 1 heterocycles. The standard InChI is InChI=1S/C35H29NO7/c1-43-28-15-12-20(16-27(28)37)31-22-13-14-23-30(34(41)36(42)33(23)40)25(22)17-26-32(39)24(19-8-4-2-5-9-19)18-29(38)35(26,31)21-10-6-3-7-11-21/h2-13,15-16,18,23,25-26,30-31,37,42H,14,17H2,1H3. The monoisotopic (exact) mass is 575 g/mol. The Kier molecular flexibility index (Phi) is 6.21. The number of phenols is 1. The molecular formula is C35H29NO7. The molecule has 0 aromatic heterocycles. The number of benzene rings is 3. The maximum Gasteiger partial charge on any atom is 0.257 e. The molecule has 3 aliphatic carbocycles. The van der Waals surface area contributed by atoms with E-state index < -0.39 is 46.8 Å². The molecule has 7 rings (SSSR count). The van der Waals surface area contributed by atoms with Gasteiger partial charge in [-0.25, -0.2) is 0 Å². The summed E-state index contributed by atoms with van der Waals surface area (Å²) < 4.78 is 5.30. The van der Waals surface area contributed by atoms with Gasteiger partial charge in [-0.05, 0) is 53.7 Å². The van der Waals surface area contributed by atoms with E-state index in [1.54, 1.807) is 30.3 Å². The molecule has 8 heteroatoms. The molecule has 0 bridgehead atoms. The molecule has 6 unspecified atom stereocenters. The Morgan fingerprint density at radius 1 is 0.884 bits per heavy atom. The topological polar surface area (TPSA) is 121 Å². The summed E-state index contributed by atoms with van der Waals surface area (Å²) in [4.78, 5) is 55.7. The number of fused-ring (bicyclic) bond motifs is 4. The molecule has 43 heavy (non-hydrogen) atoms. The number of phenolic OH excluding ortho intramolecular Hbond substituents is 1. The highest BCUT2D eigenvalue weighted by molar-refractivity contribution is 6.31. The third-order valence-corrected chi connectivity index (χ3v) is 9.89. The van der Waals surface area contributed by atoms with E-state index >= 15 is 0 Å². The van der Waals surface area contributed by atoms with Gasteiger partial charge in [0.25, 0.3) is 11.8 Å². The van der Waals surface area contributed by atoms with Crippen molar-refractivity contribution in [2.75, 3.05) is 7.11 Å². The van der Waals surface area contributed by atoms with Gasteiger partial charge in [-0.3, -0.25) is 24.4 Å². The van der Waals surface area contributed by atoms with E-state index in [2.05, 4.69) is 0 Å². The number of allylic oxidation sites excluding steroid dienone is 4. The largest absolute Gasteiger partial charge is 0.504 e. The normalized spacial score (nSPS) is 29.8. The molecule has 0 spiro atoms. The molecule has 1 saturated carbocycles. The average Bonchev–Trinajstić information content (AvgIpc) is 3.26. The summed E-state index contributed by atoms with van der Waals surface area (Å²) in [6.07, 6.45) is 3.70. The molecular weight excluding hydrogens is 546 g/mol. The zero-order chi connectivity index (χ0) is 30.0. The van der Waals surface area contributed by atoms with E-state index in [0.29, 0.717) is 22.3 Å². The Morgan fingerprint density at radius 3 is 2.26 bits per heavy atom. The van der Waals surface area contributed by atoms with Gasteiger partial charge in [0, 0.05) is 17.4 Å². The van der Waals surface area contributed by atoms with Gasteiger partial charge in [-0.2, -0.15) is 5.06 Å². The molecule has 3 aromatic rings. The number of carbonyl (C=O) groups excluding carboxylic acids is 4. The van der Waals surface area contributed by atoms with Crippen LogP contribution >= 0.6 is 0 Å². The third kappa shape index (κ3) is 3.72. The van der Waals surface area contributed by atoms with Crippen molar-refractivity contribution in [2.24, 2.45) is 23.7 Å². The number of nitrogens with zero attached hydrogens (tertiary/aromatic N) is 1. The van der Waals surface area contributed by atoms with Crippen LogP contribution in [0.3, 0.4) is 0 Å². The van der Waals surface area contributed by atoms with Crippen molar-refractivity contribution in [3.05, 3.63) is 113 Å². The number of ether oxygens (including phenoxy) is 1. The minimum absolute atomic E-state index is 0.125. The van der Waals surface area contributed by atoms with Gasteiger partial charge in [0.15, 0.2) is 23.1 Å². The van der Waals surface area contributed by atoms with Crippen LogP contribution in [0.1, 0.15) is 35.4 Å². The van der Waals surface area contributed by atoms with Gasteiger partial charge >= 0.3 is 0 Å². The van der Waals surface area contributed by atoms with E-state index in [9.17, 15) is 29.5 Å². The van der Waals surface area contributed by atoms with Crippen LogP contribution in [0.15, 0.2) is 96.6 Å². The van der Waals surface area contributed by atoms with E-state index in [1.165, 1.54) is 13.2 Å². The predicted octanol–water partition coefficient (Wildman–Crippen LogP) is 4.61. The Labute approximate surface area is 247 Å². The SMILES string of the molecule is COc1ccc(C2C3=CCC4C(=O)N(O)C(=O)C4C3CC3C(=O)C(c4ccccc4)=CC(=O)C32c2ccccc2)cc1O. The lowest BCUT2D eigenvalue weighted by Crippen LogP contribution is -2.58. The van der Waals surface area contributed by atoms with Crippen LogP contribution in [0.25, 0.3) is 5.57 Å². The van der Waals surface area contributed by atoms with Gasteiger partial charge < -0.3 is 9.84 Å². The summed E-state index contributed by atoms with van der Waals surface area (Å²) in [5.74, 6) is -5.54. The molecule has 1 aliphatic heterocycles. The number of Topliss-reactive ketones (excluding diaryl/α,β-unsaturated/α-hetero) is 1. The number of hydrogen-bond acceptors (Lipinski definition) is 7. The number of hydrogen-bond donors (Lipinski definition) is 2. The summed E-state index contributed by atoms with van der Waals surface area (Å²) in [5.41, 5.74) is 1.52. The van der Waals surface area contributed by atoms with Crippen LogP contribution in [0.2, 0.25) is 0 Å². The number of methoxy groups -OCH3 is 1. The van der Waals surface area contributed by atoms with Gasteiger partial charge in [0.1, 0.15) is 0 Å². The molecule has 6 atom stereocenters. The Hall–Kier alpha value is -4.82. The van der Waals surface area contributed by atoms with E-state index in [0.717, 1.165) is 5.57 Å². The molecule has 4 aliphatic rings. The number of rotatable bonds is 4. The summed E-state index contributed by atoms with van der Waals surface area (Å²) in [7, 11) is 1.44. The lowest BCUT2D eigenvalue weighted by Gasteiger charge is -2.55. The van der Waals surface area contributed by atoms with Crippen molar-refractivity contribution in [1.29, 1.82) is 0 Å². The zero-order valence-electron chi connectivity index (χ0n) is 23.3. The van der Waals surface area contributed by atoms with Gasteiger partial charge in [0.2, 0.25) is 0 Å². The first-order valence-corrected chi connectivity index (χ1v) is 14.3. The molecule has 8 nitrogen and oxygen atoms in total. The van der Waals surface area contributed by atoms with E-state index in [4.69, 9.17) is 4.74 Å². The Balaban J connectivity index is 1.52. The number of amides is 2. The number of hydroxylamine groups is 2. The fourth-order valence-electron chi connectivity index (χ4n) is 8.12. The predicted molar refractivity (Wildman–Crippen MR) is 155 cm³/mol. The van der Waals surface area contributed by atoms with E-state index in [-0.39, 0.29) is 41.0 Å². The minimum atomic E-state index is -1.39. The summed E-state index contributed by atoms with van der Waals surface area (Å²) in [5, 5.41) is 21.4. The van der Waals surface area contributed by atoms with Crippen LogP contribution in [0.5, 0.6) is 11.5 Å². The Morgan fingerprint density at radius 2 is 1.58 bits per heavy atom. The smallest absolute Gasteiger partial charge is 0.257 e. The molecule has 3 aromatic carbocycles. The fraction of sp³-hybridized carbons (Fsp3) is 0.257. The average molecular weight is 576 g/mol. The third-order valence-electron chi connectivity index (χ3n) is 9.89. The van der Waals surface area contributed by atoms with Crippen LogP contribution in [-0.4, -0.2) is 45.9 Å². The van der Waals surface area contributed by atoms with Crippen molar-refractivity contribution in [2.45, 2.75) is 24.2 Å². The van der Waals surface area contributed by atoms with Crippen LogP contribution in [0.4, 0.5) is 0 Å². The molecule has 1 saturated heterocycles. The summed E-state index contributed by atoms with van der Waals surface area (Å²) in [6, 6.07) is 23.2. The fourth-order valence-corrected chi connectivity index (χ4v) is 8.12. The second kappa shape index (κ2) is 9.88. The lowest BCUT2D eigenvalue weighted by atomic mass is 9.44. The van der Waals surface area contributed by atoms with Crippen LogP contribution < -0.4 is 4.74 Å². The summed E-state index contributed by atoms with van der Waals surface area (Å²) in [6.45, 7) is 0. The Bertz CT molecular complexity index is 1740. The first-order valence-electron chi connectivity index (χ1n) is 14.3. The first-order chi connectivity index (χ1) is 20.8. The molecule has 2 fully saturated rings. The second-order valence-electron chi connectivity index (χ2n) is 11.7. The molecule has 0 radical (unpaired) electrons. The highest BCUT2D eigenvalue weighted by Gasteiger charge is 2.66. The molecule has 2 amide bonds. The summed E-state index contributed by atoms with van der Waals surface area (Å²) >= 11 is 0. The number of carbonyl (C=O) groups is 4. The van der Waals surface area contributed by atoms with Crippen molar-refractivity contribution < 1.29 is 34.2 Å². The molecule has 2 N–H and O–H groups in total. The van der Waals surface area contributed by atoms with Gasteiger partial charge in [-0.15, -0.1) is 0 Å². The highest BCUT2D eigenvalue weighted by Crippen LogP contribution is 2.63. The van der Waals surface area contributed by atoms with Crippen LogP contribution in [0, 0.1) is 23.7 Å². The lowest BCUT2D eigenvalue weighted by molar-refractivity contribution is -0.173.